The van der Waals surface area contributed by atoms with Crippen LogP contribution in [0.5, 0.6) is 0 Å². The van der Waals surface area contributed by atoms with E-state index in [0.717, 1.165) is 17.9 Å². The summed E-state index contributed by atoms with van der Waals surface area (Å²) in [6.45, 7) is 15.6. The van der Waals surface area contributed by atoms with E-state index in [1.807, 2.05) is 0 Å². The zero-order valence-electron chi connectivity index (χ0n) is 11.3. The molecule has 0 bridgehead atoms. The average Bonchev–Trinajstić information content (AvgIpc) is 2.75. The van der Waals surface area contributed by atoms with E-state index >= 15 is 0 Å². The Morgan fingerprint density at radius 1 is 1.00 bits per heavy atom. The number of piperidine rings is 1. The lowest BCUT2D eigenvalue weighted by molar-refractivity contribution is 0.0462. The second-order valence-corrected chi connectivity index (χ2v) is 7.59. The molecule has 0 amide bonds. The van der Waals surface area contributed by atoms with E-state index in [9.17, 15) is 0 Å². The summed E-state index contributed by atoms with van der Waals surface area (Å²) in [5.41, 5.74) is 0.895. The predicted octanol–water partition coefficient (Wildman–Crippen LogP) is 3.54. The molecular weight excluding hydrogens is 182 g/mol. The summed E-state index contributed by atoms with van der Waals surface area (Å²) in [5, 5.41) is 0. The molecule has 3 atom stereocenters. The standard InChI is InChI=1S/C14H27N/c1-13(2,3)11-7-8-15(14(4,5)6)12-9-10(11)12/h10-12H,7-9H2,1-6H3. The number of rotatable bonds is 0. The summed E-state index contributed by atoms with van der Waals surface area (Å²) >= 11 is 0. The summed E-state index contributed by atoms with van der Waals surface area (Å²) in [6, 6.07) is 0.906. The van der Waals surface area contributed by atoms with Crippen molar-refractivity contribution in [3.63, 3.8) is 0 Å². The molecule has 88 valence electrons. The molecule has 0 aromatic carbocycles. The predicted molar refractivity (Wildman–Crippen MR) is 65.9 cm³/mol. The molecule has 2 aliphatic rings. The number of fused-ring (bicyclic) bond motifs is 1. The largest absolute Gasteiger partial charge is 0.295 e. The molecule has 1 saturated heterocycles. The molecule has 0 radical (unpaired) electrons. The van der Waals surface area contributed by atoms with E-state index in [0.29, 0.717) is 11.0 Å². The van der Waals surface area contributed by atoms with Crippen LogP contribution in [0.2, 0.25) is 0 Å². The van der Waals surface area contributed by atoms with Crippen LogP contribution in [0, 0.1) is 17.3 Å². The van der Waals surface area contributed by atoms with Gasteiger partial charge in [-0.25, -0.2) is 0 Å². The van der Waals surface area contributed by atoms with Crippen LogP contribution >= 0.6 is 0 Å². The first-order valence-corrected chi connectivity index (χ1v) is 6.48. The van der Waals surface area contributed by atoms with Crippen LogP contribution in [0.25, 0.3) is 0 Å². The molecular formula is C14H27N. The molecule has 1 nitrogen and oxygen atoms in total. The Balaban J connectivity index is 2.04. The van der Waals surface area contributed by atoms with Gasteiger partial charge in [-0.15, -0.1) is 0 Å². The molecule has 2 rings (SSSR count). The highest BCUT2D eigenvalue weighted by atomic mass is 15.3. The monoisotopic (exact) mass is 209 g/mol. The van der Waals surface area contributed by atoms with Gasteiger partial charge in [0, 0.05) is 11.6 Å². The van der Waals surface area contributed by atoms with Crippen molar-refractivity contribution in [2.75, 3.05) is 6.54 Å². The molecule has 0 N–H and O–H groups in total. The molecule has 3 unspecified atom stereocenters. The minimum atomic E-state index is 0.377. The molecule has 1 aliphatic carbocycles. The van der Waals surface area contributed by atoms with Crippen LogP contribution in [0.3, 0.4) is 0 Å². The van der Waals surface area contributed by atoms with Gasteiger partial charge in [0.05, 0.1) is 0 Å². The van der Waals surface area contributed by atoms with Crippen LogP contribution in [-0.2, 0) is 0 Å². The zero-order chi connectivity index (χ0) is 11.4. The molecule has 1 heterocycles. The van der Waals surface area contributed by atoms with E-state index in [2.05, 4.69) is 46.4 Å². The first-order valence-electron chi connectivity index (χ1n) is 6.48. The fourth-order valence-corrected chi connectivity index (χ4v) is 3.56. The molecule has 1 aliphatic heterocycles. The number of nitrogens with zero attached hydrogens (tertiary/aromatic N) is 1. The maximum atomic E-state index is 2.74. The van der Waals surface area contributed by atoms with Gasteiger partial charge >= 0.3 is 0 Å². The van der Waals surface area contributed by atoms with E-state index in [1.54, 1.807) is 0 Å². The smallest absolute Gasteiger partial charge is 0.0135 e. The van der Waals surface area contributed by atoms with E-state index in [1.165, 1.54) is 19.4 Å². The van der Waals surface area contributed by atoms with Crippen LogP contribution < -0.4 is 0 Å². The molecule has 1 saturated carbocycles. The van der Waals surface area contributed by atoms with Gasteiger partial charge in [-0.1, -0.05) is 20.8 Å². The molecule has 0 spiro atoms. The fourth-order valence-electron chi connectivity index (χ4n) is 3.56. The van der Waals surface area contributed by atoms with Crippen molar-refractivity contribution < 1.29 is 0 Å². The van der Waals surface area contributed by atoms with Gasteiger partial charge in [0.1, 0.15) is 0 Å². The average molecular weight is 209 g/mol. The summed E-state index contributed by atoms with van der Waals surface area (Å²) in [6.07, 6.45) is 2.86. The molecule has 0 aromatic heterocycles. The van der Waals surface area contributed by atoms with Gasteiger partial charge in [0.15, 0.2) is 0 Å². The van der Waals surface area contributed by atoms with Crippen molar-refractivity contribution >= 4 is 0 Å². The van der Waals surface area contributed by atoms with Gasteiger partial charge in [-0.05, 0) is 57.4 Å². The molecule has 0 aromatic rings. The van der Waals surface area contributed by atoms with Crippen molar-refractivity contribution in [2.24, 2.45) is 17.3 Å². The number of hydrogen-bond donors (Lipinski definition) is 0. The summed E-state index contributed by atoms with van der Waals surface area (Å²) < 4.78 is 0. The van der Waals surface area contributed by atoms with Crippen molar-refractivity contribution in [2.45, 2.75) is 66.0 Å². The van der Waals surface area contributed by atoms with Gasteiger partial charge in [0.2, 0.25) is 0 Å². The second kappa shape index (κ2) is 3.23. The minimum absolute atomic E-state index is 0.377. The Labute approximate surface area is 95.2 Å². The quantitative estimate of drug-likeness (QED) is 0.590. The maximum Gasteiger partial charge on any atom is 0.0135 e. The highest BCUT2D eigenvalue weighted by Gasteiger charge is 2.54. The number of likely N-dealkylation sites (tertiary alicyclic amines) is 1. The van der Waals surface area contributed by atoms with Gasteiger partial charge < -0.3 is 0 Å². The lowest BCUT2D eigenvalue weighted by Gasteiger charge is -2.44. The lowest BCUT2D eigenvalue weighted by Crippen LogP contribution is -2.48. The van der Waals surface area contributed by atoms with Crippen molar-refractivity contribution in [1.82, 2.24) is 4.90 Å². The lowest BCUT2D eigenvalue weighted by atomic mass is 9.74. The zero-order valence-corrected chi connectivity index (χ0v) is 11.3. The molecule has 2 fully saturated rings. The first-order chi connectivity index (χ1) is 6.71. The van der Waals surface area contributed by atoms with E-state index in [4.69, 9.17) is 0 Å². The number of hydrogen-bond acceptors (Lipinski definition) is 1. The third kappa shape index (κ3) is 2.08. The Bertz CT molecular complexity index is 217. The van der Waals surface area contributed by atoms with Crippen LogP contribution in [0.15, 0.2) is 0 Å². The Morgan fingerprint density at radius 3 is 2.07 bits per heavy atom. The Hall–Kier alpha value is -0.0400. The van der Waals surface area contributed by atoms with E-state index in [-0.39, 0.29) is 0 Å². The van der Waals surface area contributed by atoms with Crippen molar-refractivity contribution in [1.29, 1.82) is 0 Å². The van der Waals surface area contributed by atoms with Gasteiger partial charge in [-0.2, -0.15) is 0 Å². The summed E-state index contributed by atoms with van der Waals surface area (Å²) in [7, 11) is 0. The van der Waals surface area contributed by atoms with Crippen molar-refractivity contribution in [3.8, 4) is 0 Å². The Morgan fingerprint density at radius 2 is 1.60 bits per heavy atom. The third-order valence-electron chi connectivity index (χ3n) is 4.38. The normalized spacial score (nSPS) is 37.6. The SMILES string of the molecule is CC(C)(C)C1CCN(C(C)(C)C)C2CC21. The summed E-state index contributed by atoms with van der Waals surface area (Å²) in [5.74, 6) is 1.96. The van der Waals surface area contributed by atoms with Crippen LogP contribution in [0.1, 0.15) is 54.4 Å². The van der Waals surface area contributed by atoms with Crippen molar-refractivity contribution in [3.05, 3.63) is 0 Å². The van der Waals surface area contributed by atoms with Gasteiger partial charge in [0.25, 0.3) is 0 Å². The highest BCUT2D eigenvalue weighted by molar-refractivity contribution is 5.07. The topological polar surface area (TPSA) is 3.24 Å². The summed E-state index contributed by atoms with van der Waals surface area (Å²) in [4.78, 5) is 2.74. The maximum absolute atomic E-state index is 2.74. The molecule has 15 heavy (non-hydrogen) atoms. The minimum Gasteiger partial charge on any atom is -0.295 e. The fraction of sp³-hybridized carbons (Fsp3) is 1.00. The van der Waals surface area contributed by atoms with Crippen LogP contribution in [0.4, 0.5) is 0 Å². The first kappa shape index (κ1) is 11.4. The van der Waals surface area contributed by atoms with Gasteiger partial charge in [-0.3, -0.25) is 4.90 Å². The Kier molecular flexibility index (Phi) is 2.46. The van der Waals surface area contributed by atoms with Crippen LogP contribution in [-0.4, -0.2) is 23.0 Å². The van der Waals surface area contributed by atoms with E-state index < -0.39 is 0 Å². The highest BCUT2D eigenvalue weighted by Crippen LogP contribution is 2.54. The third-order valence-corrected chi connectivity index (χ3v) is 4.38. The second-order valence-electron chi connectivity index (χ2n) is 7.59. The molecule has 1 heteroatoms.